The van der Waals surface area contributed by atoms with Crippen molar-refractivity contribution in [2.75, 3.05) is 6.61 Å². The standard InChI is InChI=1S/C21H22N4O3.C2H6/c1-14(16-9-6-10-17(11-16)18(13-26)24-22-3)7-5-8-15(2)20-23-12-19(27)21(28)25(20)4;1-2/h5-12,26-27H,2-3,13H2,1,4H3;1-2H3/b8-5-,14-7+,24-18+;. The van der Waals surface area contributed by atoms with Gasteiger partial charge in [0, 0.05) is 24.9 Å². The molecule has 0 fully saturated rings. The van der Waals surface area contributed by atoms with Gasteiger partial charge in [-0.3, -0.25) is 9.36 Å². The van der Waals surface area contributed by atoms with E-state index in [2.05, 4.69) is 28.5 Å². The minimum atomic E-state index is -0.529. The fourth-order valence-corrected chi connectivity index (χ4v) is 2.52. The molecule has 0 radical (unpaired) electrons. The zero-order chi connectivity index (χ0) is 22.7. The van der Waals surface area contributed by atoms with Gasteiger partial charge in [0.15, 0.2) is 5.75 Å². The van der Waals surface area contributed by atoms with E-state index in [1.54, 1.807) is 12.2 Å². The molecule has 0 unspecified atom stereocenters. The Kier molecular flexibility index (Phi) is 9.85. The Balaban J connectivity index is 0.00000218. The number of allylic oxidation sites excluding steroid dienone is 5. The van der Waals surface area contributed by atoms with E-state index in [1.165, 1.54) is 11.6 Å². The molecule has 30 heavy (non-hydrogen) atoms. The van der Waals surface area contributed by atoms with Gasteiger partial charge < -0.3 is 10.2 Å². The maximum absolute atomic E-state index is 11.8. The molecule has 0 saturated heterocycles. The summed E-state index contributed by atoms with van der Waals surface area (Å²) >= 11 is 0. The Morgan fingerprint density at radius 1 is 1.30 bits per heavy atom. The first-order valence-electron chi connectivity index (χ1n) is 9.42. The van der Waals surface area contributed by atoms with Crippen LogP contribution in [0.4, 0.5) is 0 Å². The topological polar surface area (TPSA) is 100 Å². The van der Waals surface area contributed by atoms with E-state index in [4.69, 9.17) is 0 Å². The number of aromatic nitrogens is 2. The zero-order valence-electron chi connectivity index (χ0n) is 17.8. The summed E-state index contributed by atoms with van der Waals surface area (Å²) < 4.78 is 1.24. The van der Waals surface area contributed by atoms with Crippen LogP contribution in [0.2, 0.25) is 0 Å². The summed E-state index contributed by atoms with van der Waals surface area (Å²) in [5.74, 6) is -0.0380. The highest BCUT2D eigenvalue weighted by atomic mass is 16.3. The van der Waals surface area contributed by atoms with Crippen molar-refractivity contribution in [1.82, 2.24) is 9.55 Å². The van der Waals surface area contributed by atoms with Crippen molar-refractivity contribution in [3.8, 4) is 5.75 Å². The Morgan fingerprint density at radius 3 is 2.60 bits per heavy atom. The second-order valence-electron chi connectivity index (χ2n) is 5.99. The molecule has 7 heteroatoms. The molecule has 0 atom stereocenters. The number of aliphatic hydroxyl groups is 1. The van der Waals surface area contributed by atoms with Gasteiger partial charge in [-0.2, -0.15) is 10.2 Å². The third-order valence-corrected chi connectivity index (χ3v) is 4.07. The van der Waals surface area contributed by atoms with Gasteiger partial charge in [0.05, 0.1) is 18.5 Å². The van der Waals surface area contributed by atoms with Gasteiger partial charge in [0.2, 0.25) is 0 Å². The minimum absolute atomic E-state index is 0.233. The van der Waals surface area contributed by atoms with Crippen molar-refractivity contribution in [3.63, 3.8) is 0 Å². The molecule has 0 bridgehead atoms. The van der Waals surface area contributed by atoms with Crippen LogP contribution in [-0.4, -0.2) is 38.8 Å². The summed E-state index contributed by atoms with van der Waals surface area (Å²) in [6.07, 6.45) is 6.54. The average Bonchev–Trinajstić information content (AvgIpc) is 2.77. The highest BCUT2D eigenvalue weighted by molar-refractivity contribution is 6.02. The number of aromatic hydroxyl groups is 1. The molecule has 0 spiro atoms. The first-order chi connectivity index (χ1) is 14.4. The molecule has 2 N–H and O–H groups in total. The summed E-state index contributed by atoms with van der Waals surface area (Å²) in [4.78, 5) is 15.8. The number of hydrogen-bond donors (Lipinski definition) is 2. The summed E-state index contributed by atoms with van der Waals surface area (Å²) in [7, 11) is 1.52. The summed E-state index contributed by atoms with van der Waals surface area (Å²) in [6.45, 7) is 12.9. The second kappa shape index (κ2) is 12.1. The van der Waals surface area contributed by atoms with Crippen LogP contribution >= 0.6 is 0 Å². The normalized spacial score (nSPS) is 11.8. The van der Waals surface area contributed by atoms with E-state index >= 15 is 0 Å². The van der Waals surface area contributed by atoms with Gasteiger partial charge in [-0.05, 0) is 24.1 Å². The molecular formula is C23H28N4O3. The molecule has 0 saturated carbocycles. The molecule has 158 valence electrons. The second-order valence-corrected chi connectivity index (χ2v) is 5.99. The summed E-state index contributed by atoms with van der Waals surface area (Å²) in [5, 5.41) is 26.1. The van der Waals surface area contributed by atoms with Gasteiger partial charge >= 0.3 is 0 Å². The monoisotopic (exact) mass is 408 g/mol. The lowest BCUT2D eigenvalue weighted by atomic mass is 10.0. The van der Waals surface area contributed by atoms with Crippen molar-refractivity contribution in [2.45, 2.75) is 20.8 Å². The van der Waals surface area contributed by atoms with Gasteiger partial charge in [-0.15, -0.1) is 0 Å². The molecule has 0 amide bonds. The van der Waals surface area contributed by atoms with Crippen LogP contribution < -0.4 is 5.56 Å². The first kappa shape index (κ1) is 24.5. The molecule has 1 aromatic heterocycles. The predicted molar refractivity (Wildman–Crippen MR) is 124 cm³/mol. The molecular weight excluding hydrogens is 380 g/mol. The number of benzene rings is 1. The number of aliphatic hydroxyl groups excluding tert-OH is 1. The van der Waals surface area contributed by atoms with E-state index in [0.717, 1.165) is 22.9 Å². The lowest BCUT2D eigenvalue weighted by Gasteiger charge is -2.07. The van der Waals surface area contributed by atoms with Gasteiger partial charge in [-0.1, -0.05) is 56.9 Å². The van der Waals surface area contributed by atoms with Gasteiger partial charge in [0.1, 0.15) is 5.82 Å². The van der Waals surface area contributed by atoms with Gasteiger partial charge in [0.25, 0.3) is 5.56 Å². The first-order valence-corrected chi connectivity index (χ1v) is 9.42. The molecule has 0 aliphatic rings. The molecule has 0 aliphatic heterocycles. The smallest absolute Gasteiger partial charge is 0.295 e. The molecule has 7 nitrogen and oxygen atoms in total. The van der Waals surface area contributed by atoms with Crippen LogP contribution in [0.5, 0.6) is 5.75 Å². The Hall–Kier alpha value is -3.58. The summed E-state index contributed by atoms with van der Waals surface area (Å²) in [5.41, 5.74) is 3.13. The minimum Gasteiger partial charge on any atom is -0.502 e. The van der Waals surface area contributed by atoms with E-state index in [0.29, 0.717) is 17.1 Å². The highest BCUT2D eigenvalue weighted by Crippen LogP contribution is 2.17. The van der Waals surface area contributed by atoms with E-state index in [9.17, 15) is 15.0 Å². The van der Waals surface area contributed by atoms with Crippen molar-refractivity contribution in [1.29, 1.82) is 0 Å². The fourth-order valence-electron chi connectivity index (χ4n) is 2.52. The quantitative estimate of drug-likeness (QED) is 0.415. The maximum Gasteiger partial charge on any atom is 0.295 e. The average molecular weight is 409 g/mol. The molecule has 2 rings (SSSR count). The molecule has 1 heterocycles. The van der Waals surface area contributed by atoms with Crippen LogP contribution in [-0.2, 0) is 7.05 Å². The van der Waals surface area contributed by atoms with E-state index in [-0.39, 0.29) is 6.61 Å². The van der Waals surface area contributed by atoms with Crippen LogP contribution in [0.15, 0.2) is 70.3 Å². The number of nitrogens with zero attached hydrogens (tertiary/aromatic N) is 4. The third kappa shape index (κ3) is 6.22. The molecule has 0 aliphatic carbocycles. The van der Waals surface area contributed by atoms with Crippen LogP contribution in [0.25, 0.3) is 11.1 Å². The Bertz CT molecular complexity index is 1050. The van der Waals surface area contributed by atoms with E-state index in [1.807, 2.05) is 51.1 Å². The SMILES string of the molecule is C=N/N=C(\CO)c1cccc(/C(C)=C/C=C\C(=C)c2ncc(O)c(=O)n2C)c1.CC. The fraction of sp³-hybridized carbons (Fsp3) is 0.217. The van der Waals surface area contributed by atoms with Gasteiger partial charge in [-0.25, -0.2) is 4.98 Å². The van der Waals surface area contributed by atoms with Crippen LogP contribution in [0.3, 0.4) is 0 Å². The number of rotatable bonds is 7. The van der Waals surface area contributed by atoms with Crippen LogP contribution in [0, 0.1) is 0 Å². The van der Waals surface area contributed by atoms with Crippen LogP contribution in [0.1, 0.15) is 37.7 Å². The van der Waals surface area contributed by atoms with Crippen molar-refractivity contribution < 1.29 is 10.2 Å². The maximum atomic E-state index is 11.8. The van der Waals surface area contributed by atoms with Crippen molar-refractivity contribution in [3.05, 3.63) is 82.6 Å². The van der Waals surface area contributed by atoms with Crippen molar-refractivity contribution in [2.24, 2.45) is 17.3 Å². The number of hydrogen-bond acceptors (Lipinski definition) is 6. The highest BCUT2D eigenvalue weighted by Gasteiger charge is 2.07. The zero-order valence-corrected chi connectivity index (χ0v) is 17.8. The Morgan fingerprint density at radius 2 is 1.97 bits per heavy atom. The van der Waals surface area contributed by atoms with E-state index < -0.39 is 11.3 Å². The molecule has 2 aromatic rings. The molecule has 1 aromatic carbocycles. The third-order valence-electron chi connectivity index (χ3n) is 4.07. The Labute approximate surface area is 176 Å². The van der Waals surface area contributed by atoms with Crippen molar-refractivity contribution >= 4 is 23.6 Å². The summed E-state index contributed by atoms with van der Waals surface area (Å²) in [6, 6.07) is 7.56. The lowest BCUT2D eigenvalue weighted by molar-refractivity contribution is 0.357. The lowest BCUT2D eigenvalue weighted by Crippen LogP contribution is -2.20. The predicted octanol–water partition coefficient (Wildman–Crippen LogP) is 3.58. The largest absolute Gasteiger partial charge is 0.502 e.